The lowest BCUT2D eigenvalue weighted by Gasteiger charge is -2.19. The molecule has 0 radical (unpaired) electrons. The van der Waals surface area contributed by atoms with Crippen LogP contribution >= 0.6 is 0 Å². The van der Waals surface area contributed by atoms with Crippen LogP contribution in [0.4, 0.5) is 0 Å². The zero-order valence-corrected chi connectivity index (χ0v) is 35.7. The number of nitriles is 1. The Kier molecular flexibility index (Phi) is 7.78. The molecular formula is C60H38N6. The molecule has 0 N–H and O–H groups in total. The first-order chi connectivity index (χ1) is 32.7. The molecule has 0 spiro atoms. The Labute approximate surface area is 379 Å². The summed E-state index contributed by atoms with van der Waals surface area (Å²) in [6.45, 7) is 0. The van der Waals surface area contributed by atoms with Crippen LogP contribution in [-0.4, -0.2) is 23.3 Å². The Morgan fingerprint density at radius 3 is 1.52 bits per heavy atom. The third kappa shape index (κ3) is 5.14. The molecule has 5 aromatic heterocycles. The average Bonchev–Trinajstić information content (AvgIpc) is 4.11. The number of aromatic nitrogens is 5. The van der Waals surface area contributed by atoms with Gasteiger partial charge in [-0.05, 0) is 97.8 Å². The van der Waals surface area contributed by atoms with Crippen LogP contribution < -0.4 is 0 Å². The molecule has 0 atom stereocenters. The van der Waals surface area contributed by atoms with E-state index in [2.05, 4.69) is 217 Å². The standard InChI is InChI=1S/C60H38N6/c61-36-39-32-60(66-56-26-12-6-20-47(56)50-34-41(28-30-58(50)66)64-53-23-9-3-17-44(53)45-18-4-10-24-54(45)64)48(38-14-13-31-62-37-38)35-59(39)65-55-25-11-5-19-46(55)49-33-40(27-29-57(49)65)63-51-21-7-1-15-42(51)43-16-2-8-22-52(43)63/h1-7,9-21,23-35,37H,8,22H2. The van der Waals surface area contributed by atoms with Gasteiger partial charge in [-0.1, -0.05) is 109 Å². The van der Waals surface area contributed by atoms with Gasteiger partial charge in [-0.2, -0.15) is 5.26 Å². The summed E-state index contributed by atoms with van der Waals surface area (Å²) in [6, 6.07) is 67.9. The minimum atomic E-state index is 0.578. The molecular weight excluding hydrogens is 805 g/mol. The van der Waals surface area contributed by atoms with Gasteiger partial charge in [0.25, 0.3) is 0 Å². The smallest absolute Gasteiger partial charge is 0.101 e. The summed E-state index contributed by atoms with van der Waals surface area (Å²) in [5, 5.41) is 19.6. The number of pyridine rings is 1. The van der Waals surface area contributed by atoms with Crippen molar-refractivity contribution in [2.45, 2.75) is 12.8 Å². The highest BCUT2D eigenvalue weighted by Gasteiger charge is 2.24. The van der Waals surface area contributed by atoms with E-state index >= 15 is 0 Å². The highest BCUT2D eigenvalue weighted by molar-refractivity contribution is 6.13. The van der Waals surface area contributed by atoms with Crippen LogP contribution in [-0.2, 0) is 6.42 Å². The van der Waals surface area contributed by atoms with Gasteiger partial charge in [0.15, 0.2) is 0 Å². The average molecular weight is 843 g/mol. The maximum absolute atomic E-state index is 11.3. The Morgan fingerprint density at radius 2 is 0.939 bits per heavy atom. The molecule has 0 amide bonds. The molecule has 1 aliphatic rings. The fourth-order valence-electron chi connectivity index (χ4n) is 11.2. The molecule has 6 nitrogen and oxygen atoms in total. The number of fused-ring (bicyclic) bond motifs is 12. The lowest BCUT2D eigenvalue weighted by atomic mass is 10.0. The molecule has 5 heterocycles. The van der Waals surface area contributed by atoms with Gasteiger partial charge < -0.3 is 18.3 Å². The Hall–Kier alpha value is -8.92. The van der Waals surface area contributed by atoms with E-state index in [0.717, 1.165) is 90.3 Å². The highest BCUT2D eigenvalue weighted by Crippen LogP contribution is 2.43. The van der Waals surface area contributed by atoms with Gasteiger partial charge >= 0.3 is 0 Å². The number of para-hydroxylation sites is 5. The molecule has 0 saturated heterocycles. The van der Waals surface area contributed by atoms with Crippen molar-refractivity contribution in [3.63, 3.8) is 0 Å². The van der Waals surface area contributed by atoms with Crippen molar-refractivity contribution in [2.75, 3.05) is 0 Å². The van der Waals surface area contributed by atoms with E-state index < -0.39 is 0 Å². The van der Waals surface area contributed by atoms with Crippen molar-refractivity contribution in [3.8, 4) is 39.9 Å². The highest BCUT2D eigenvalue weighted by atomic mass is 15.0. The quantitative estimate of drug-likeness (QED) is 0.173. The minimum Gasteiger partial charge on any atom is -0.313 e. The Bertz CT molecular complexity index is 4190. The molecule has 308 valence electrons. The number of benzene rings is 8. The molecule has 0 unspecified atom stereocenters. The van der Waals surface area contributed by atoms with Crippen LogP contribution in [0.25, 0.3) is 116 Å². The van der Waals surface area contributed by atoms with E-state index in [1.807, 2.05) is 18.5 Å². The number of hydrogen-bond acceptors (Lipinski definition) is 2. The Morgan fingerprint density at radius 1 is 0.439 bits per heavy atom. The zero-order chi connectivity index (χ0) is 43.5. The summed E-state index contributed by atoms with van der Waals surface area (Å²) in [7, 11) is 0. The minimum absolute atomic E-state index is 0.578. The molecule has 13 aromatic rings. The topological polar surface area (TPSA) is 56.4 Å². The third-order valence-corrected chi connectivity index (χ3v) is 13.9. The number of allylic oxidation sites excluding steroid dienone is 1. The van der Waals surface area contributed by atoms with E-state index in [9.17, 15) is 5.26 Å². The predicted octanol–water partition coefficient (Wildman–Crippen LogP) is 14.8. The molecule has 1 aliphatic carbocycles. The summed E-state index contributed by atoms with van der Waals surface area (Å²) in [6.07, 6.45) is 10.3. The van der Waals surface area contributed by atoms with E-state index in [4.69, 9.17) is 0 Å². The van der Waals surface area contributed by atoms with Gasteiger partial charge in [0.2, 0.25) is 0 Å². The first kappa shape index (κ1) is 36.6. The number of hydrogen-bond donors (Lipinski definition) is 0. The van der Waals surface area contributed by atoms with Crippen LogP contribution in [0.3, 0.4) is 0 Å². The van der Waals surface area contributed by atoms with Crippen molar-refractivity contribution in [2.24, 2.45) is 0 Å². The normalized spacial score (nSPS) is 12.7. The maximum Gasteiger partial charge on any atom is 0.101 e. The second-order valence-electron chi connectivity index (χ2n) is 17.4. The van der Waals surface area contributed by atoms with E-state index in [1.165, 1.54) is 44.0 Å². The largest absolute Gasteiger partial charge is 0.313 e. The molecule has 0 bridgehead atoms. The van der Waals surface area contributed by atoms with Crippen LogP contribution in [0.1, 0.15) is 23.2 Å². The predicted molar refractivity (Wildman–Crippen MR) is 272 cm³/mol. The molecule has 8 aromatic carbocycles. The molecule has 0 aliphatic heterocycles. The fourth-order valence-corrected chi connectivity index (χ4v) is 11.2. The molecule has 6 heteroatoms. The Balaban J connectivity index is 1.01. The molecule has 14 rings (SSSR count). The second kappa shape index (κ2) is 14.0. The van der Waals surface area contributed by atoms with Crippen LogP contribution in [0.5, 0.6) is 0 Å². The second-order valence-corrected chi connectivity index (χ2v) is 17.4. The van der Waals surface area contributed by atoms with Gasteiger partial charge in [0.1, 0.15) is 6.07 Å². The van der Waals surface area contributed by atoms with Crippen molar-refractivity contribution >= 4 is 82.4 Å². The van der Waals surface area contributed by atoms with Crippen LogP contribution in [0, 0.1) is 11.3 Å². The summed E-state index contributed by atoms with van der Waals surface area (Å²) in [4.78, 5) is 4.63. The monoisotopic (exact) mass is 842 g/mol. The van der Waals surface area contributed by atoms with Crippen LogP contribution in [0.15, 0.2) is 200 Å². The number of rotatable bonds is 5. The van der Waals surface area contributed by atoms with Gasteiger partial charge in [0, 0.05) is 83.9 Å². The summed E-state index contributed by atoms with van der Waals surface area (Å²) in [5.41, 5.74) is 16.9. The van der Waals surface area contributed by atoms with Crippen LogP contribution in [0.2, 0.25) is 0 Å². The van der Waals surface area contributed by atoms with Gasteiger partial charge in [0.05, 0.1) is 55.6 Å². The maximum atomic E-state index is 11.3. The van der Waals surface area contributed by atoms with Gasteiger partial charge in [-0.25, -0.2) is 0 Å². The first-order valence-corrected chi connectivity index (χ1v) is 22.6. The summed E-state index contributed by atoms with van der Waals surface area (Å²) >= 11 is 0. The first-order valence-electron chi connectivity index (χ1n) is 22.6. The number of nitrogens with zero attached hydrogens (tertiary/aromatic N) is 6. The summed E-state index contributed by atoms with van der Waals surface area (Å²) < 4.78 is 9.45. The fraction of sp³-hybridized carbons (Fsp3) is 0.0333. The van der Waals surface area contributed by atoms with E-state index in [0.29, 0.717) is 5.56 Å². The van der Waals surface area contributed by atoms with E-state index in [1.54, 1.807) is 0 Å². The lowest BCUT2D eigenvalue weighted by Crippen LogP contribution is -2.04. The van der Waals surface area contributed by atoms with Crippen molar-refractivity contribution in [1.82, 2.24) is 23.3 Å². The van der Waals surface area contributed by atoms with Crippen molar-refractivity contribution < 1.29 is 0 Å². The van der Waals surface area contributed by atoms with Crippen molar-refractivity contribution in [1.29, 1.82) is 5.26 Å². The zero-order valence-electron chi connectivity index (χ0n) is 35.7. The molecule has 66 heavy (non-hydrogen) atoms. The lowest BCUT2D eigenvalue weighted by molar-refractivity contribution is 0.889. The molecule has 0 fully saturated rings. The SMILES string of the molecule is N#Cc1cc(-n2c3ccccc3c3cc(-n4c5ccccc5c5ccccc54)ccc32)c(-c2cccnc2)cc1-n1c2ccccc2c2cc(-n3c4c(c5ccccc53)C=CCC4)ccc21. The van der Waals surface area contributed by atoms with Gasteiger partial charge in [-0.15, -0.1) is 0 Å². The van der Waals surface area contributed by atoms with Gasteiger partial charge in [-0.3, -0.25) is 4.98 Å². The molecule has 0 saturated carbocycles. The van der Waals surface area contributed by atoms with Crippen molar-refractivity contribution in [3.05, 3.63) is 217 Å². The summed E-state index contributed by atoms with van der Waals surface area (Å²) in [5.74, 6) is 0. The third-order valence-electron chi connectivity index (χ3n) is 13.9. The van der Waals surface area contributed by atoms with E-state index in [-0.39, 0.29) is 0 Å².